The average Bonchev–Trinajstić information content (AvgIpc) is 2.85. The van der Waals surface area contributed by atoms with Crippen LogP contribution in [0.2, 0.25) is 0 Å². The van der Waals surface area contributed by atoms with Crippen molar-refractivity contribution in [2.24, 2.45) is 5.92 Å². The highest BCUT2D eigenvalue weighted by molar-refractivity contribution is 8.17. The Labute approximate surface area is 138 Å². The number of alkyl halides is 2. The quantitative estimate of drug-likeness (QED) is 0.744. The molecule has 2 saturated heterocycles. The average molecular weight is 356 g/mol. The van der Waals surface area contributed by atoms with E-state index in [1.165, 1.54) is 0 Å². The maximum Gasteiger partial charge on any atom is 0.226 e. The first-order valence-corrected chi connectivity index (χ1v) is 9.71. The fourth-order valence-electron chi connectivity index (χ4n) is 2.86. The van der Waals surface area contributed by atoms with Gasteiger partial charge in [0.05, 0.1) is 5.92 Å². The molecule has 6 unspecified atom stereocenters. The van der Waals surface area contributed by atoms with Crippen LogP contribution in [0.3, 0.4) is 0 Å². The van der Waals surface area contributed by atoms with Crippen LogP contribution in [0.25, 0.3) is 0 Å². The number of fused-ring (bicyclic) bond motifs is 1. The molecule has 6 atom stereocenters. The number of hydrogen-bond donors (Lipinski definition) is 2. The van der Waals surface area contributed by atoms with Crippen molar-refractivity contribution in [3.8, 4) is 0 Å². The zero-order valence-electron chi connectivity index (χ0n) is 11.2. The second-order valence-electron chi connectivity index (χ2n) is 5.59. The number of nitrogens with one attached hydrogen (secondary N) is 2. The summed E-state index contributed by atoms with van der Waals surface area (Å²) in [6.07, 6.45) is 2.37. The first-order valence-electron chi connectivity index (χ1n) is 6.95. The van der Waals surface area contributed by atoms with E-state index >= 15 is 0 Å². The minimum atomic E-state index is -0.146. The van der Waals surface area contributed by atoms with E-state index in [9.17, 15) is 4.79 Å². The summed E-state index contributed by atoms with van der Waals surface area (Å²) in [5.41, 5.74) is 3.31. The highest BCUT2D eigenvalue weighted by Crippen LogP contribution is 2.41. The maximum atomic E-state index is 12.3. The lowest BCUT2D eigenvalue weighted by molar-refractivity contribution is -0.126. The molecule has 0 aromatic rings. The molecule has 114 valence electrons. The van der Waals surface area contributed by atoms with Crippen molar-refractivity contribution in [3.05, 3.63) is 0 Å². The van der Waals surface area contributed by atoms with Gasteiger partial charge in [0, 0.05) is 22.5 Å². The lowest BCUT2D eigenvalue weighted by Crippen LogP contribution is -2.49. The third-order valence-corrected chi connectivity index (χ3v) is 7.54. The van der Waals surface area contributed by atoms with Gasteiger partial charge in [-0.3, -0.25) is 4.79 Å². The molecule has 2 N–H and O–H groups in total. The van der Waals surface area contributed by atoms with E-state index in [0.717, 1.165) is 19.4 Å². The van der Waals surface area contributed by atoms with E-state index in [4.69, 9.17) is 23.2 Å². The summed E-state index contributed by atoms with van der Waals surface area (Å²) in [4.78, 5) is 12.3. The van der Waals surface area contributed by atoms with Gasteiger partial charge in [-0.1, -0.05) is 18.7 Å². The highest BCUT2D eigenvalue weighted by Gasteiger charge is 2.41. The Kier molecular flexibility index (Phi) is 5.00. The van der Waals surface area contributed by atoms with E-state index in [2.05, 4.69) is 22.7 Å². The number of carbonyl (C=O) groups excluding carboxylic acids is 1. The third kappa shape index (κ3) is 3.36. The molecule has 2 heterocycles. The number of thioether (sulfide) groups is 2. The molecule has 0 bridgehead atoms. The Hall–Kier alpha value is 0.670. The standard InChI is InChI=1S/C12H19Cl2N3OS2/c1-6-5-17-12(19-6)20-11(16-17)15-10(18)8-3-2-7(13)4-9(8)14/h6-9,11-12,16H,2-5H2,1H3,(H,15,18). The Morgan fingerprint density at radius 1 is 1.35 bits per heavy atom. The van der Waals surface area contributed by atoms with Crippen molar-refractivity contribution in [1.82, 2.24) is 15.8 Å². The molecule has 0 spiro atoms. The van der Waals surface area contributed by atoms with Crippen LogP contribution in [-0.4, -0.2) is 43.7 Å². The van der Waals surface area contributed by atoms with Crippen molar-refractivity contribution >= 4 is 52.6 Å². The zero-order chi connectivity index (χ0) is 14.3. The van der Waals surface area contributed by atoms with Gasteiger partial charge in [0.25, 0.3) is 0 Å². The lowest BCUT2D eigenvalue weighted by atomic mass is 9.88. The molecule has 1 saturated carbocycles. The summed E-state index contributed by atoms with van der Waals surface area (Å²) in [5.74, 6) is -0.0612. The SMILES string of the molecule is CC1CN2NC(NC(=O)C3CCC(Cl)CC3Cl)SC2S1. The van der Waals surface area contributed by atoms with Crippen molar-refractivity contribution in [3.63, 3.8) is 0 Å². The van der Waals surface area contributed by atoms with Gasteiger partial charge in [-0.2, -0.15) is 0 Å². The van der Waals surface area contributed by atoms with E-state index in [-0.39, 0.29) is 28.1 Å². The number of hydrazine groups is 1. The number of amides is 1. The number of halogens is 2. The second-order valence-corrected chi connectivity index (χ2v) is 9.78. The molecule has 3 fully saturated rings. The Bertz CT molecular complexity index is 376. The highest BCUT2D eigenvalue weighted by atomic mass is 35.5. The zero-order valence-corrected chi connectivity index (χ0v) is 14.4. The molecule has 1 aliphatic carbocycles. The fourth-order valence-corrected chi connectivity index (χ4v) is 6.73. The number of nitrogens with zero attached hydrogens (tertiary/aromatic N) is 1. The normalized spacial score (nSPS) is 45.4. The minimum Gasteiger partial charge on any atom is -0.330 e. The predicted octanol–water partition coefficient (Wildman–Crippen LogP) is 2.37. The molecule has 3 aliphatic rings. The molecule has 0 aromatic heterocycles. The predicted molar refractivity (Wildman–Crippen MR) is 86.8 cm³/mol. The monoisotopic (exact) mass is 355 g/mol. The Morgan fingerprint density at radius 3 is 2.85 bits per heavy atom. The van der Waals surface area contributed by atoms with Gasteiger partial charge in [0.15, 0.2) is 0 Å². The minimum absolute atomic E-state index is 0.0370. The van der Waals surface area contributed by atoms with Gasteiger partial charge in [-0.15, -0.1) is 35.0 Å². The van der Waals surface area contributed by atoms with Gasteiger partial charge >= 0.3 is 0 Å². The van der Waals surface area contributed by atoms with Crippen LogP contribution in [0.5, 0.6) is 0 Å². The van der Waals surface area contributed by atoms with Gasteiger partial charge in [0.1, 0.15) is 10.2 Å². The second kappa shape index (κ2) is 6.42. The Balaban J connectivity index is 1.50. The first-order chi connectivity index (χ1) is 9.52. The van der Waals surface area contributed by atoms with Gasteiger partial charge in [-0.05, 0) is 19.3 Å². The van der Waals surface area contributed by atoms with Gasteiger partial charge in [0.2, 0.25) is 5.91 Å². The van der Waals surface area contributed by atoms with E-state index in [1.54, 1.807) is 11.8 Å². The summed E-state index contributed by atoms with van der Waals surface area (Å²) in [6, 6.07) is 0. The van der Waals surface area contributed by atoms with Crippen LogP contribution < -0.4 is 10.7 Å². The summed E-state index contributed by atoms with van der Waals surface area (Å²) >= 11 is 16.1. The molecule has 0 aromatic carbocycles. The molecule has 20 heavy (non-hydrogen) atoms. The van der Waals surface area contributed by atoms with Crippen LogP contribution in [0.1, 0.15) is 26.2 Å². The first kappa shape index (κ1) is 15.6. The number of rotatable bonds is 2. The molecular weight excluding hydrogens is 337 g/mol. The molecule has 2 aliphatic heterocycles. The number of carbonyl (C=O) groups is 1. The topological polar surface area (TPSA) is 44.4 Å². The lowest BCUT2D eigenvalue weighted by Gasteiger charge is -2.29. The van der Waals surface area contributed by atoms with Crippen molar-refractivity contribution < 1.29 is 4.79 Å². The fraction of sp³-hybridized carbons (Fsp3) is 0.917. The number of hydrogen-bond acceptors (Lipinski definition) is 5. The smallest absolute Gasteiger partial charge is 0.226 e. The molecule has 1 amide bonds. The van der Waals surface area contributed by atoms with Gasteiger partial charge in [-0.25, -0.2) is 10.4 Å². The van der Waals surface area contributed by atoms with Crippen LogP contribution in [0, 0.1) is 5.92 Å². The summed E-state index contributed by atoms with van der Waals surface area (Å²) in [6.45, 7) is 3.24. The summed E-state index contributed by atoms with van der Waals surface area (Å²) in [5, 5.41) is 5.88. The van der Waals surface area contributed by atoms with Gasteiger partial charge < -0.3 is 5.32 Å². The summed E-state index contributed by atoms with van der Waals surface area (Å²) < 4.78 is 0.403. The van der Waals surface area contributed by atoms with Crippen LogP contribution in [0.15, 0.2) is 0 Å². The maximum absolute atomic E-state index is 12.3. The van der Waals surface area contributed by atoms with Crippen LogP contribution >= 0.6 is 46.7 Å². The third-order valence-electron chi connectivity index (χ3n) is 3.91. The Morgan fingerprint density at radius 2 is 2.15 bits per heavy atom. The molecule has 3 rings (SSSR count). The van der Waals surface area contributed by atoms with Crippen molar-refractivity contribution in [2.75, 3.05) is 6.54 Å². The van der Waals surface area contributed by atoms with Crippen LogP contribution in [-0.2, 0) is 4.79 Å². The molecule has 4 nitrogen and oxygen atoms in total. The van der Waals surface area contributed by atoms with Crippen LogP contribution in [0.4, 0.5) is 0 Å². The van der Waals surface area contributed by atoms with Crippen molar-refractivity contribution in [1.29, 1.82) is 0 Å². The molecule has 8 heteroatoms. The summed E-state index contributed by atoms with van der Waals surface area (Å²) in [7, 11) is 0. The largest absolute Gasteiger partial charge is 0.330 e. The van der Waals surface area contributed by atoms with Crippen molar-refractivity contribution in [2.45, 2.75) is 52.4 Å². The molecular formula is C12H19Cl2N3OS2. The van der Waals surface area contributed by atoms with E-state index < -0.39 is 0 Å². The molecule has 0 radical (unpaired) electrons. The van der Waals surface area contributed by atoms with E-state index in [1.807, 2.05) is 11.8 Å². The van der Waals surface area contributed by atoms with E-state index in [0.29, 0.717) is 16.4 Å².